The Labute approximate surface area is 185 Å². The zero-order valence-corrected chi connectivity index (χ0v) is 18.0. The number of carbonyl (C=O) groups is 2. The number of carbonyl (C=O) groups excluding carboxylic acids is 2. The van der Waals surface area contributed by atoms with Gasteiger partial charge in [-0.3, -0.25) is 9.59 Å². The van der Waals surface area contributed by atoms with Crippen LogP contribution in [0.3, 0.4) is 0 Å². The number of aromatic nitrogens is 3. The molecule has 0 saturated carbocycles. The van der Waals surface area contributed by atoms with Crippen molar-refractivity contribution < 1.29 is 14.3 Å². The van der Waals surface area contributed by atoms with Crippen LogP contribution in [0.5, 0.6) is 0 Å². The Hall–Kier alpha value is -3.94. The van der Waals surface area contributed by atoms with Gasteiger partial charge in [0.05, 0.1) is 6.42 Å². The van der Waals surface area contributed by atoms with E-state index in [9.17, 15) is 9.59 Å². The van der Waals surface area contributed by atoms with Gasteiger partial charge in [-0.15, -0.1) is 0 Å². The number of benzene rings is 2. The Bertz CT molecular complexity index is 1250. The fraction of sp³-hybridized carbons (Fsp3) is 0.250. The molecule has 0 aliphatic heterocycles. The van der Waals surface area contributed by atoms with E-state index in [1.807, 2.05) is 30.3 Å². The molecule has 0 aliphatic rings. The summed E-state index contributed by atoms with van der Waals surface area (Å²) < 4.78 is 7.51. The minimum atomic E-state index is -0.914. The van der Waals surface area contributed by atoms with Crippen molar-refractivity contribution in [3.8, 4) is 0 Å². The molecule has 0 spiro atoms. The summed E-state index contributed by atoms with van der Waals surface area (Å²) in [5, 5.41) is 7.99. The smallest absolute Gasteiger partial charge is 0.308 e. The Kier molecular flexibility index (Phi) is 6.30. The van der Waals surface area contributed by atoms with Gasteiger partial charge in [0.25, 0.3) is 5.91 Å². The second-order valence-corrected chi connectivity index (χ2v) is 7.36. The van der Waals surface area contributed by atoms with E-state index in [-0.39, 0.29) is 12.3 Å². The molecule has 2 heterocycles. The Morgan fingerprint density at radius 1 is 1.03 bits per heavy atom. The molecule has 4 aromatic rings. The molecule has 1 unspecified atom stereocenters. The first kappa shape index (κ1) is 21.3. The van der Waals surface area contributed by atoms with Gasteiger partial charge in [-0.05, 0) is 44.2 Å². The van der Waals surface area contributed by atoms with E-state index in [0.717, 1.165) is 28.4 Å². The van der Waals surface area contributed by atoms with Gasteiger partial charge in [-0.25, -0.2) is 9.97 Å². The summed E-state index contributed by atoms with van der Waals surface area (Å²) in [4.78, 5) is 32.7. The monoisotopic (exact) mass is 431 g/mol. The van der Waals surface area contributed by atoms with E-state index in [1.54, 1.807) is 25.4 Å². The third-order valence-electron chi connectivity index (χ3n) is 5.21. The molecule has 8 nitrogen and oxygen atoms in total. The minimum Gasteiger partial charge on any atom is -0.452 e. The lowest BCUT2D eigenvalue weighted by Gasteiger charge is -2.14. The van der Waals surface area contributed by atoms with Gasteiger partial charge in [-0.1, -0.05) is 18.2 Å². The summed E-state index contributed by atoms with van der Waals surface area (Å²) in [7, 11) is 0. The largest absolute Gasteiger partial charge is 0.452 e. The molecule has 32 heavy (non-hydrogen) atoms. The molecule has 1 atom stereocenters. The number of para-hydroxylation sites is 1. The molecular formula is C24H25N5O3. The first-order valence-corrected chi connectivity index (χ1v) is 10.6. The van der Waals surface area contributed by atoms with Crippen LogP contribution < -0.4 is 10.6 Å². The van der Waals surface area contributed by atoms with Crippen molar-refractivity contribution in [3.05, 3.63) is 60.9 Å². The van der Waals surface area contributed by atoms with Crippen LogP contribution in [-0.2, 0) is 20.9 Å². The van der Waals surface area contributed by atoms with Crippen molar-refractivity contribution in [3.63, 3.8) is 0 Å². The van der Waals surface area contributed by atoms with Crippen molar-refractivity contribution in [2.75, 3.05) is 17.2 Å². The SMILES string of the molecule is CCn1c2ccccc2c2cc(NC(=O)C(C)OC(=O)CCNc3ncccn3)ccc21. The molecular weight excluding hydrogens is 406 g/mol. The highest BCUT2D eigenvalue weighted by Gasteiger charge is 2.18. The number of rotatable bonds is 8. The number of nitrogens with one attached hydrogen (secondary N) is 2. The molecule has 164 valence electrons. The Balaban J connectivity index is 1.37. The maximum atomic E-state index is 12.6. The zero-order chi connectivity index (χ0) is 22.5. The van der Waals surface area contributed by atoms with E-state index in [0.29, 0.717) is 18.2 Å². The van der Waals surface area contributed by atoms with Crippen molar-refractivity contribution >= 4 is 45.3 Å². The van der Waals surface area contributed by atoms with Crippen molar-refractivity contribution in [1.29, 1.82) is 0 Å². The van der Waals surface area contributed by atoms with E-state index in [4.69, 9.17) is 4.74 Å². The zero-order valence-electron chi connectivity index (χ0n) is 18.0. The van der Waals surface area contributed by atoms with Gasteiger partial charge in [0.1, 0.15) is 0 Å². The Morgan fingerprint density at radius 3 is 2.56 bits per heavy atom. The molecule has 0 radical (unpaired) electrons. The second kappa shape index (κ2) is 9.47. The summed E-state index contributed by atoms with van der Waals surface area (Å²) >= 11 is 0. The normalized spacial score (nSPS) is 11.9. The molecule has 2 aromatic carbocycles. The van der Waals surface area contributed by atoms with Crippen LogP contribution >= 0.6 is 0 Å². The fourth-order valence-corrected chi connectivity index (χ4v) is 3.69. The molecule has 0 bridgehead atoms. The molecule has 2 aromatic heterocycles. The summed E-state index contributed by atoms with van der Waals surface area (Å²) in [6.07, 6.45) is 2.40. The minimum absolute atomic E-state index is 0.0956. The molecule has 8 heteroatoms. The first-order chi connectivity index (χ1) is 15.6. The number of amides is 1. The van der Waals surface area contributed by atoms with E-state index < -0.39 is 12.1 Å². The van der Waals surface area contributed by atoms with E-state index >= 15 is 0 Å². The molecule has 4 rings (SSSR count). The van der Waals surface area contributed by atoms with Crippen LogP contribution in [0.25, 0.3) is 21.8 Å². The lowest BCUT2D eigenvalue weighted by atomic mass is 10.1. The number of hydrogen-bond donors (Lipinski definition) is 2. The second-order valence-electron chi connectivity index (χ2n) is 7.36. The van der Waals surface area contributed by atoms with Crippen molar-refractivity contribution in [2.24, 2.45) is 0 Å². The predicted molar refractivity (Wildman–Crippen MR) is 124 cm³/mol. The van der Waals surface area contributed by atoms with Gasteiger partial charge in [-0.2, -0.15) is 0 Å². The molecule has 0 aliphatic carbocycles. The lowest BCUT2D eigenvalue weighted by molar-refractivity contribution is -0.152. The van der Waals surface area contributed by atoms with Crippen LogP contribution in [0.4, 0.5) is 11.6 Å². The molecule has 0 fully saturated rings. The number of nitrogens with zero attached hydrogens (tertiary/aromatic N) is 3. The fourth-order valence-electron chi connectivity index (χ4n) is 3.69. The average Bonchev–Trinajstić information content (AvgIpc) is 3.12. The van der Waals surface area contributed by atoms with Gasteiger partial charge < -0.3 is 19.9 Å². The quantitative estimate of drug-likeness (QED) is 0.410. The van der Waals surface area contributed by atoms with Gasteiger partial charge in [0, 0.05) is 53.0 Å². The van der Waals surface area contributed by atoms with Gasteiger partial charge >= 0.3 is 5.97 Å². The summed E-state index contributed by atoms with van der Waals surface area (Å²) in [6.45, 7) is 4.84. The van der Waals surface area contributed by atoms with Crippen molar-refractivity contribution in [2.45, 2.75) is 32.9 Å². The predicted octanol–water partition coefficient (Wildman–Crippen LogP) is 3.98. The molecule has 0 saturated heterocycles. The maximum absolute atomic E-state index is 12.6. The maximum Gasteiger partial charge on any atom is 0.308 e. The van der Waals surface area contributed by atoms with Gasteiger partial charge in [0.15, 0.2) is 6.10 Å². The van der Waals surface area contributed by atoms with E-state index in [2.05, 4.69) is 44.2 Å². The van der Waals surface area contributed by atoms with Crippen LogP contribution in [-0.4, -0.2) is 39.1 Å². The van der Waals surface area contributed by atoms with E-state index in [1.165, 1.54) is 0 Å². The highest BCUT2D eigenvalue weighted by molar-refractivity contribution is 6.10. The first-order valence-electron chi connectivity index (χ1n) is 10.6. The number of fused-ring (bicyclic) bond motifs is 3. The average molecular weight is 431 g/mol. The molecule has 2 N–H and O–H groups in total. The summed E-state index contributed by atoms with van der Waals surface area (Å²) in [5.41, 5.74) is 2.93. The van der Waals surface area contributed by atoms with Crippen LogP contribution in [0, 0.1) is 0 Å². The standard InChI is InChI=1S/C24H25N5O3/c1-3-29-20-8-5-4-7-18(20)19-15-17(9-10-21(19)29)28-23(31)16(2)32-22(30)11-14-27-24-25-12-6-13-26-24/h4-10,12-13,15-16H,3,11,14H2,1-2H3,(H,28,31)(H,25,26,27). The number of esters is 1. The van der Waals surface area contributed by atoms with Gasteiger partial charge in [0.2, 0.25) is 5.95 Å². The highest BCUT2D eigenvalue weighted by atomic mass is 16.5. The third-order valence-corrected chi connectivity index (χ3v) is 5.21. The van der Waals surface area contributed by atoms with Crippen molar-refractivity contribution in [1.82, 2.24) is 14.5 Å². The summed E-state index contributed by atoms with van der Waals surface area (Å²) in [5.74, 6) is -0.417. The number of hydrogen-bond acceptors (Lipinski definition) is 6. The number of aryl methyl sites for hydroxylation is 1. The number of ether oxygens (including phenoxy) is 1. The third kappa shape index (κ3) is 4.54. The number of anilines is 2. The van der Waals surface area contributed by atoms with Crippen LogP contribution in [0.15, 0.2) is 60.9 Å². The van der Waals surface area contributed by atoms with Crippen LogP contribution in [0.2, 0.25) is 0 Å². The highest BCUT2D eigenvalue weighted by Crippen LogP contribution is 2.31. The lowest BCUT2D eigenvalue weighted by Crippen LogP contribution is -2.30. The Morgan fingerprint density at radius 2 is 1.78 bits per heavy atom. The van der Waals surface area contributed by atoms with Crippen LogP contribution in [0.1, 0.15) is 20.3 Å². The molecule has 1 amide bonds. The summed E-state index contributed by atoms with van der Waals surface area (Å²) in [6, 6.07) is 15.7. The topological polar surface area (TPSA) is 98.1 Å².